The molecule has 0 saturated heterocycles. The molecular weight excluding hydrogens is 224 g/mol. The molecule has 0 aliphatic carbocycles. The smallest absolute Gasteiger partial charge is 0.118 e. The average molecular weight is 250 g/mol. The van der Waals surface area contributed by atoms with Crippen LogP contribution < -0.4 is 10.1 Å². The van der Waals surface area contributed by atoms with Crippen molar-refractivity contribution in [3.63, 3.8) is 0 Å². The minimum Gasteiger partial charge on any atom is -0.497 e. The van der Waals surface area contributed by atoms with E-state index in [0.717, 1.165) is 18.7 Å². The van der Waals surface area contributed by atoms with E-state index in [9.17, 15) is 0 Å². The summed E-state index contributed by atoms with van der Waals surface area (Å²) in [4.78, 5) is 2.30. The van der Waals surface area contributed by atoms with Crippen molar-refractivity contribution >= 4 is 0 Å². The van der Waals surface area contributed by atoms with Gasteiger partial charge in [0, 0.05) is 6.04 Å². The summed E-state index contributed by atoms with van der Waals surface area (Å²) in [5, 5.41) is 3.30. The maximum absolute atomic E-state index is 5.22. The molecule has 0 spiro atoms. The molecule has 102 valence electrons. The predicted molar refractivity (Wildman–Crippen MR) is 77.1 cm³/mol. The highest BCUT2D eigenvalue weighted by Crippen LogP contribution is 2.29. The van der Waals surface area contributed by atoms with Gasteiger partial charge in [-0.05, 0) is 51.3 Å². The van der Waals surface area contributed by atoms with E-state index in [2.05, 4.69) is 43.4 Å². The second kappa shape index (κ2) is 7.39. The predicted octanol–water partition coefficient (Wildman–Crippen LogP) is 2.54. The molecule has 0 saturated carbocycles. The molecule has 0 heterocycles. The van der Waals surface area contributed by atoms with Crippen LogP contribution in [0, 0.1) is 5.92 Å². The average Bonchev–Trinajstić information content (AvgIpc) is 2.38. The number of ether oxygens (including phenoxy) is 1. The Morgan fingerprint density at radius 1 is 1.22 bits per heavy atom. The van der Waals surface area contributed by atoms with Crippen LogP contribution >= 0.6 is 0 Å². The summed E-state index contributed by atoms with van der Waals surface area (Å²) in [6, 6.07) is 8.85. The van der Waals surface area contributed by atoms with Crippen molar-refractivity contribution in [3.8, 4) is 5.75 Å². The number of hydrogen-bond acceptors (Lipinski definition) is 3. The fraction of sp³-hybridized carbons (Fsp3) is 0.600. The van der Waals surface area contributed by atoms with Crippen LogP contribution in [0.5, 0.6) is 5.75 Å². The summed E-state index contributed by atoms with van der Waals surface area (Å²) in [5.41, 5.74) is 1.35. The molecule has 2 atom stereocenters. The van der Waals surface area contributed by atoms with E-state index in [1.165, 1.54) is 5.56 Å². The second-order valence-electron chi connectivity index (χ2n) is 4.91. The van der Waals surface area contributed by atoms with Crippen molar-refractivity contribution in [1.82, 2.24) is 10.2 Å². The highest BCUT2D eigenvalue weighted by Gasteiger charge is 2.23. The Morgan fingerprint density at radius 2 is 1.83 bits per heavy atom. The zero-order chi connectivity index (χ0) is 13.5. The molecule has 0 bridgehead atoms. The minimum absolute atomic E-state index is 0.438. The van der Waals surface area contributed by atoms with Crippen molar-refractivity contribution in [2.75, 3.05) is 34.8 Å². The molecule has 0 aromatic heterocycles. The van der Waals surface area contributed by atoms with E-state index in [-0.39, 0.29) is 0 Å². The zero-order valence-corrected chi connectivity index (χ0v) is 12.2. The molecule has 0 amide bonds. The van der Waals surface area contributed by atoms with Gasteiger partial charge in [0.15, 0.2) is 0 Å². The number of nitrogens with zero attached hydrogens (tertiary/aromatic N) is 1. The first kappa shape index (κ1) is 15.0. The third kappa shape index (κ3) is 3.72. The Labute approximate surface area is 111 Å². The first-order valence-electron chi connectivity index (χ1n) is 6.59. The summed E-state index contributed by atoms with van der Waals surface area (Å²) in [5.74, 6) is 1.52. The van der Waals surface area contributed by atoms with Crippen LogP contribution in [0.15, 0.2) is 24.3 Å². The summed E-state index contributed by atoms with van der Waals surface area (Å²) in [7, 11) is 8.01. The van der Waals surface area contributed by atoms with Crippen molar-refractivity contribution < 1.29 is 4.74 Å². The highest BCUT2D eigenvalue weighted by atomic mass is 16.5. The van der Waals surface area contributed by atoms with Gasteiger partial charge in [-0.25, -0.2) is 0 Å². The van der Waals surface area contributed by atoms with E-state index in [0.29, 0.717) is 12.0 Å². The fourth-order valence-electron chi connectivity index (χ4n) is 2.53. The van der Waals surface area contributed by atoms with Crippen molar-refractivity contribution in [3.05, 3.63) is 29.8 Å². The normalized spacial score (nSPS) is 14.6. The largest absolute Gasteiger partial charge is 0.497 e. The second-order valence-corrected chi connectivity index (χ2v) is 4.91. The van der Waals surface area contributed by atoms with Crippen molar-refractivity contribution in [2.24, 2.45) is 5.92 Å². The minimum atomic E-state index is 0.438. The Balaban J connectivity index is 2.95. The van der Waals surface area contributed by atoms with Gasteiger partial charge in [-0.3, -0.25) is 0 Å². The standard InChI is InChI=1S/C15H26N2O/c1-6-12(11-16-2)15(17(3)4)13-7-9-14(18-5)10-8-13/h7-10,12,15-16H,6,11H2,1-5H3. The van der Waals surface area contributed by atoms with Gasteiger partial charge < -0.3 is 15.0 Å². The topological polar surface area (TPSA) is 24.5 Å². The van der Waals surface area contributed by atoms with Crippen LogP contribution in [0.25, 0.3) is 0 Å². The third-order valence-corrected chi connectivity index (χ3v) is 3.45. The molecule has 3 heteroatoms. The molecule has 1 aromatic rings. The van der Waals surface area contributed by atoms with Gasteiger partial charge in [-0.2, -0.15) is 0 Å². The van der Waals surface area contributed by atoms with Gasteiger partial charge in [0.1, 0.15) is 5.75 Å². The molecular formula is C15H26N2O. The number of benzene rings is 1. The molecule has 0 radical (unpaired) electrons. The van der Waals surface area contributed by atoms with Crippen LogP contribution in [0.1, 0.15) is 24.9 Å². The number of hydrogen-bond donors (Lipinski definition) is 1. The van der Waals surface area contributed by atoms with E-state index >= 15 is 0 Å². The van der Waals surface area contributed by atoms with Crippen LogP contribution in [-0.4, -0.2) is 39.7 Å². The number of methoxy groups -OCH3 is 1. The number of nitrogens with one attached hydrogen (secondary N) is 1. The van der Waals surface area contributed by atoms with Gasteiger partial charge in [0.2, 0.25) is 0 Å². The summed E-state index contributed by atoms with van der Waals surface area (Å²) in [6.07, 6.45) is 1.16. The monoisotopic (exact) mass is 250 g/mol. The molecule has 0 aliphatic heterocycles. The van der Waals surface area contributed by atoms with Crippen LogP contribution in [0.2, 0.25) is 0 Å². The van der Waals surface area contributed by atoms with E-state index in [1.807, 2.05) is 19.2 Å². The molecule has 1 aromatic carbocycles. The van der Waals surface area contributed by atoms with Crippen molar-refractivity contribution in [2.45, 2.75) is 19.4 Å². The van der Waals surface area contributed by atoms with E-state index in [1.54, 1.807) is 7.11 Å². The highest BCUT2D eigenvalue weighted by molar-refractivity contribution is 5.29. The fourth-order valence-corrected chi connectivity index (χ4v) is 2.53. The van der Waals surface area contributed by atoms with Gasteiger partial charge in [0.05, 0.1) is 7.11 Å². The maximum Gasteiger partial charge on any atom is 0.118 e. The quantitative estimate of drug-likeness (QED) is 0.805. The number of rotatable bonds is 7. The van der Waals surface area contributed by atoms with Crippen LogP contribution in [-0.2, 0) is 0 Å². The van der Waals surface area contributed by atoms with E-state index in [4.69, 9.17) is 4.74 Å². The lowest BCUT2D eigenvalue weighted by Crippen LogP contribution is -2.32. The van der Waals surface area contributed by atoms with Gasteiger partial charge in [-0.15, -0.1) is 0 Å². The molecule has 2 unspecified atom stereocenters. The molecule has 0 aliphatic rings. The first-order valence-corrected chi connectivity index (χ1v) is 6.59. The lowest BCUT2D eigenvalue weighted by Gasteiger charge is -2.32. The van der Waals surface area contributed by atoms with Gasteiger partial charge in [0.25, 0.3) is 0 Å². The van der Waals surface area contributed by atoms with Crippen LogP contribution in [0.3, 0.4) is 0 Å². The summed E-state index contributed by atoms with van der Waals surface area (Å²) < 4.78 is 5.22. The Kier molecular flexibility index (Phi) is 6.16. The Bertz CT molecular complexity index is 335. The summed E-state index contributed by atoms with van der Waals surface area (Å²) >= 11 is 0. The first-order chi connectivity index (χ1) is 8.63. The Hall–Kier alpha value is -1.06. The van der Waals surface area contributed by atoms with Crippen molar-refractivity contribution in [1.29, 1.82) is 0 Å². The van der Waals surface area contributed by atoms with Gasteiger partial charge >= 0.3 is 0 Å². The zero-order valence-electron chi connectivity index (χ0n) is 12.2. The third-order valence-electron chi connectivity index (χ3n) is 3.45. The van der Waals surface area contributed by atoms with Crippen LogP contribution in [0.4, 0.5) is 0 Å². The lowest BCUT2D eigenvalue weighted by atomic mass is 9.90. The Morgan fingerprint density at radius 3 is 2.22 bits per heavy atom. The maximum atomic E-state index is 5.22. The van der Waals surface area contributed by atoms with Gasteiger partial charge in [-0.1, -0.05) is 25.5 Å². The molecule has 18 heavy (non-hydrogen) atoms. The lowest BCUT2D eigenvalue weighted by molar-refractivity contribution is 0.204. The SMILES string of the molecule is CCC(CNC)C(c1ccc(OC)cc1)N(C)C. The molecule has 1 N–H and O–H groups in total. The molecule has 0 fully saturated rings. The molecule has 3 nitrogen and oxygen atoms in total. The van der Waals surface area contributed by atoms with E-state index < -0.39 is 0 Å². The molecule has 1 rings (SSSR count). The summed E-state index contributed by atoms with van der Waals surface area (Å²) in [6.45, 7) is 3.29.